The zero-order chi connectivity index (χ0) is 14.5. The Morgan fingerprint density at radius 1 is 1.30 bits per heavy atom. The van der Waals surface area contributed by atoms with Crippen molar-refractivity contribution in [2.24, 2.45) is 11.8 Å². The topological polar surface area (TPSA) is 35.5 Å². The lowest BCUT2D eigenvalue weighted by Crippen LogP contribution is -2.27. The molecule has 20 heavy (non-hydrogen) atoms. The number of hydrogen-bond donors (Lipinski definition) is 0. The van der Waals surface area contributed by atoms with E-state index in [2.05, 4.69) is 0 Å². The van der Waals surface area contributed by atoms with Crippen molar-refractivity contribution >= 4 is 5.97 Å². The zero-order valence-corrected chi connectivity index (χ0v) is 12.0. The third kappa shape index (κ3) is 3.79. The molecule has 0 spiro atoms. The minimum atomic E-state index is -0.480. The number of halogens is 1. The van der Waals surface area contributed by atoms with Crippen molar-refractivity contribution in [2.75, 3.05) is 13.7 Å². The lowest BCUT2D eigenvalue weighted by atomic mass is 9.82. The van der Waals surface area contributed by atoms with E-state index in [4.69, 9.17) is 9.47 Å². The van der Waals surface area contributed by atoms with Crippen LogP contribution >= 0.6 is 0 Å². The highest BCUT2D eigenvalue weighted by atomic mass is 19.1. The van der Waals surface area contributed by atoms with Crippen molar-refractivity contribution in [3.63, 3.8) is 0 Å². The molecule has 1 saturated carbocycles. The number of benzene rings is 1. The number of methoxy groups -OCH3 is 1. The molecule has 0 radical (unpaired) electrons. The predicted octanol–water partition coefficient (Wildman–Crippen LogP) is 3.49. The highest BCUT2D eigenvalue weighted by molar-refractivity contribution is 5.75. The molecule has 0 atom stereocenters. The molecule has 0 aromatic heterocycles. The van der Waals surface area contributed by atoms with E-state index < -0.39 is 5.82 Å². The van der Waals surface area contributed by atoms with Gasteiger partial charge in [0.1, 0.15) is 0 Å². The normalized spacial score (nSPS) is 22.6. The van der Waals surface area contributed by atoms with E-state index in [1.54, 1.807) is 20.1 Å². The number of rotatable bonds is 4. The van der Waals surface area contributed by atoms with Gasteiger partial charge in [0.05, 0.1) is 5.92 Å². The number of carbonyl (C=O) groups excluding carboxylic acids is 1. The number of ether oxygens (including phenoxy) is 2. The second-order valence-corrected chi connectivity index (χ2v) is 5.53. The Morgan fingerprint density at radius 3 is 2.60 bits per heavy atom. The number of carbonyl (C=O) groups is 1. The summed E-state index contributed by atoms with van der Waals surface area (Å²) in [6.07, 6.45) is 3.51. The van der Waals surface area contributed by atoms with Crippen LogP contribution in [0.5, 0.6) is 5.75 Å². The van der Waals surface area contributed by atoms with Crippen LogP contribution in [-0.2, 0) is 9.53 Å². The van der Waals surface area contributed by atoms with Crippen LogP contribution in [-0.4, -0.2) is 19.7 Å². The minimum absolute atomic E-state index is 0.0274. The van der Waals surface area contributed by atoms with Gasteiger partial charge >= 0.3 is 5.97 Å². The molecule has 1 aliphatic carbocycles. The SMILES string of the molecule is COCC1CCC(C(=O)Oc2ccc(C)cc2F)CC1. The average molecular weight is 280 g/mol. The van der Waals surface area contributed by atoms with Gasteiger partial charge in [-0.3, -0.25) is 4.79 Å². The van der Waals surface area contributed by atoms with Gasteiger partial charge in [0.25, 0.3) is 0 Å². The van der Waals surface area contributed by atoms with Gasteiger partial charge in [-0.25, -0.2) is 4.39 Å². The molecular weight excluding hydrogens is 259 g/mol. The van der Waals surface area contributed by atoms with E-state index in [1.807, 2.05) is 0 Å². The number of hydrogen-bond acceptors (Lipinski definition) is 3. The first-order valence-corrected chi connectivity index (χ1v) is 7.07. The van der Waals surface area contributed by atoms with E-state index in [1.165, 1.54) is 12.1 Å². The molecule has 3 nitrogen and oxygen atoms in total. The Labute approximate surface area is 119 Å². The Kier molecular flexibility index (Phi) is 5.12. The van der Waals surface area contributed by atoms with Crippen LogP contribution in [0.15, 0.2) is 18.2 Å². The van der Waals surface area contributed by atoms with Crippen LogP contribution in [0.1, 0.15) is 31.2 Å². The monoisotopic (exact) mass is 280 g/mol. The fourth-order valence-corrected chi connectivity index (χ4v) is 2.68. The van der Waals surface area contributed by atoms with Crippen LogP contribution in [0.2, 0.25) is 0 Å². The molecule has 0 amide bonds. The molecule has 0 aliphatic heterocycles. The standard InChI is InChI=1S/C16H21FO3/c1-11-3-8-15(14(17)9-11)20-16(18)13-6-4-12(5-7-13)10-19-2/h3,8-9,12-13H,4-7,10H2,1-2H3. The average Bonchev–Trinajstić information content (AvgIpc) is 2.43. The van der Waals surface area contributed by atoms with Gasteiger partial charge in [-0.2, -0.15) is 0 Å². The van der Waals surface area contributed by atoms with Crippen LogP contribution < -0.4 is 4.74 Å². The van der Waals surface area contributed by atoms with Crippen molar-refractivity contribution in [2.45, 2.75) is 32.6 Å². The first-order chi connectivity index (χ1) is 9.60. The van der Waals surface area contributed by atoms with Gasteiger partial charge in [-0.15, -0.1) is 0 Å². The summed E-state index contributed by atoms with van der Waals surface area (Å²) in [5, 5.41) is 0. The quantitative estimate of drug-likeness (QED) is 0.625. The Hall–Kier alpha value is -1.42. The lowest BCUT2D eigenvalue weighted by molar-refractivity contribution is -0.140. The molecule has 0 unspecified atom stereocenters. The molecule has 1 aromatic rings. The predicted molar refractivity (Wildman–Crippen MR) is 74.1 cm³/mol. The molecule has 1 aliphatic rings. The molecule has 0 heterocycles. The lowest BCUT2D eigenvalue weighted by Gasteiger charge is -2.26. The summed E-state index contributed by atoms with van der Waals surface area (Å²) in [6, 6.07) is 4.62. The summed E-state index contributed by atoms with van der Waals surface area (Å²) >= 11 is 0. The van der Waals surface area contributed by atoms with Crippen molar-refractivity contribution in [3.8, 4) is 5.75 Å². The molecule has 2 rings (SSSR count). The molecular formula is C16H21FO3. The largest absolute Gasteiger partial charge is 0.423 e. The number of esters is 1. The fraction of sp³-hybridized carbons (Fsp3) is 0.562. The van der Waals surface area contributed by atoms with Gasteiger partial charge in [0.2, 0.25) is 0 Å². The summed E-state index contributed by atoms with van der Waals surface area (Å²) in [6.45, 7) is 2.54. The van der Waals surface area contributed by atoms with E-state index in [0.717, 1.165) is 37.9 Å². The van der Waals surface area contributed by atoms with Crippen molar-refractivity contribution in [1.29, 1.82) is 0 Å². The highest BCUT2D eigenvalue weighted by Crippen LogP contribution is 2.30. The Morgan fingerprint density at radius 2 is 2.00 bits per heavy atom. The van der Waals surface area contributed by atoms with Crippen LogP contribution in [0.3, 0.4) is 0 Å². The van der Waals surface area contributed by atoms with Crippen LogP contribution in [0.25, 0.3) is 0 Å². The molecule has 0 bridgehead atoms. The Bertz CT molecular complexity index is 465. The summed E-state index contributed by atoms with van der Waals surface area (Å²) in [5.74, 6) is -0.362. The maximum Gasteiger partial charge on any atom is 0.314 e. The summed E-state index contributed by atoms with van der Waals surface area (Å²) in [5.41, 5.74) is 0.808. The molecule has 1 fully saturated rings. The summed E-state index contributed by atoms with van der Waals surface area (Å²) < 4.78 is 24.0. The summed E-state index contributed by atoms with van der Waals surface area (Å²) in [7, 11) is 1.69. The first-order valence-electron chi connectivity index (χ1n) is 7.07. The molecule has 1 aromatic carbocycles. The van der Waals surface area contributed by atoms with Crippen molar-refractivity contribution < 1.29 is 18.7 Å². The van der Waals surface area contributed by atoms with Crippen molar-refractivity contribution in [1.82, 2.24) is 0 Å². The van der Waals surface area contributed by atoms with Gasteiger partial charge in [-0.1, -0.05) is 6.07 Å². The van der Waals surface area contributed by atoms with Gasteiger partial charge in [-0.05, 0) is 56.2 Å². The minimum Gasteiger partial charge on any atom is -0.423 e. The molecule has 110 valence electrons. The van der Waals surface area contributed by atoms with Gasteiger partial charge in [0, 0.05) is 13.7 Å². The van der Waals surface area contributed by atoms with E-state index in [-0.39, 0.29) is 17.6 Å². The maximum atomic E-state index is 13.6. The Balaban J connectivity index is 1.89. The zero-order valence-electron chi connectivity index (χ0n) is 12.0. The first kappa shape index (κ1) is 15.0. The maximum absolute atomic E-state index is 13.6. The number of aryl methyl sites for hydroxylation is 1. The van der Waals surface area contributed by atoms with E-state index in [0.29, 0.717) is 5.92 Å². The highest BCUT2D eigenvalue weighted by Gasteiger charge is 2.28. The molecule has 0 saturated heterocycles. The third-order valence-electron chi connectivity index (χ3n) is 3.88. The molecule has 4 heteroatoms. The van der Waals surface area contributed by atoms with Crippen LogP contribution in [0, 0.1) is 24.6 Å². The van der Waals surface area contributed by atoms with Crippen LogP contribution in [0.4, 0.5) is 4.39 Å². The van der Waals surface area contributed by atoms with Gasteiger partial charge in [0.15, 0.2) is 11.6 Å². The van der Waals surface area contributed by atoms with Crippen molar-refractivity contribution in [3.05, 3.63) is 29.6 Å². The fourth-order valence-electron chi connectivity index (χ4n) is 2.68. The summed E-state index contributed by atoms with van der Waals surface area (Å²) in [4.78, 5) is 12.0. The third-order valence-corrected chi connectivity index (χ3v) is 3.88. The second-order valence-electron chi connectivity index (χ2n) is 5.53. The smallest absolute Gasteiger partial charge is 0.314 e. The molecule has 0 N–H and O–H groups in total. The second kappa shape index (κ2) is 6.84. The van der Waals surface area contributed by atoms with Gasteiger partial charge < -0.3 is 9.47 Å². The van der Waals surface area contributed by atoms with E-state index >= 15 is 0 Å². The van der Waals surface area contributed by atoms with E-state index in [9.17, 15) is 9.18 Å².